The van der Waals surface area contributed by atoms with E-state index in [0.717, 1.165) is 34.1 Å². The number of benzene rings is 3. The average Bonchev–Trinajstić information content (AvgIpc) is 2.87. The summed E-state index contributed by atoms with van der Waals surface area (Å²) in [5.74, 6) is 1.28. The number of nitrogens with zero attached hydrogens (tertiary/aromatic N) is 4. The number of hydrogen-bond donors (Lipinski definition) is 0. The van der Waals surface area contributed by atoms with Crippen LogP contribution in [-0.2, 0) is 13.0 Å². The maximum atomic E-state index is 13.4. The van der Waals surface area contributed by atoms with Gasteiger partial charge in [-0.3, -0.25) is 4.79 Å². The quantitative estimate of drug-likeness (QED) is 0.212. The van der Waals surface area contributed by atoms with Gasteiger partial charge in [-0.2, -0.15) is 9.78 Å². The monoisotopic (exact) mass is 566 g/mol. The summed E-state index contributed by atoms with van der Waals surface area (Å²) in [5, 5.41) is 5.76. The molecule has 186 valence electrons. The first-order chi connectivity index (χ1) is 17.4. The van der Waals surface area contributed by atoms with Gasteiger partial charge in [-0.25, -0.2) is 4.98 Å². The highest BCUT2D eigenvalue weighted by Gasteiger charge is 2.12. The van der Waals surface area contributed by atoms with Gasteiger partial charge in [0.2, 0.25) is 0 Å². The molecular formula is C28H28BrClN4O2. The SMILES string of the molecule is CCCCc1nc2ccc(Br)cc2c(=O)n1N=Cc1ccc(N(C)C)cc1OCc1ccccc1Cl. The predicted octanol–water partition coefficient (Wildman–Crippen LogP) is 6.68. The van der Waals surface area contributed by atoms with Crippen LogP contribution in [0, 0.1) is 0 Å². The molecule has 0 aliphatic heterocycles. The molecule has 1 aromatic heterocycles. The molecule has 0 spiro atoms. The Balaban J connectivity index is 1.75. The van der Waals surface area contributed by atoms with Crippen molar-refractivity contribution in [2.75, 3.05) is 19.0 Å². The molecule has 0 saturated carbocycles. The maximum Gasteiger partial charge on any atom is 0.282 e. The molecule has 1 heterocycles. The van der Waals surface area contributed by atoms with Crippen LogP contribution in [-0.4, -0.2) is 30.0 Å². The maximum absolute atomic E-state index is 13.4. The van der Waals surface area contributed by atoms with Crippen LogP contribution in [0.3, 0.4) is 0 Å². The predicted molar refractivity (Wildman–Crippen MR) is 152 cm³/mol. The van der Waals surface area contributed by atoms with Crippen molar-refractivity contribution in [3.8, 4) is 5.75 Å². The van der Waals surface area contributed by atoms with E-state index in [1.165, 1.54) is 4.68 Å². The normalized spacial score (nSPS) is 11.4. The number of fused-ring (bicyclic) bond motifs is 1. The van der Waals surface area contributed by atoms with Gasteiger partial charge in [0.1, 0.15) is 18.2 Å². The number of aryl methyl sites for hydroxylation is 1. The Morgan fingerprint density at radius 2 is 1.94 bits per heavy atom. The molecule has 0 unspecified atom stereocenters. The lowest BCUT2D eigenvalue weighted by atomic mass is 10.2. The van der Waals surface area contributed by atoms with Gasteiger partial charge >= 0.3 is 0 Å². The second-order valence-corrected chi connectivity index (χ2v) is 9.97. The summed E-state index contributed by atoms with van der Waals surface area (Å²) >= 11 is 9.78. The number of rotatable bonds is 9. The summed E-state index contributed by atoms with van der Waals surface area (Å²) in [5.41, 5.74) is 3.08. The van der Waals surface area contributed by atoms with Crippen LogP contribution in [0.25, 0.3) is 10.9 Å². The van der Waals surface area contributed by atoms with Crippen molar-refractivity contribution in [3.05, 3.63) is 97.5 Å². The molecule has 36 heavy (non-hydrogen) atoms. The number of hydrogen-bond acceptors (Lipinski definition) is 5. The molecule has 0 amide bonds. The average molecular weight is 568 g/mol. The highest BCUT2D eigenvalue weighted by Crippen LogP contribution is 2.26. The van der Waals surface area contributed by atoms with E-state index in [9.17, 15) is 4.79 Å². The van der Waals surface area contributed by atoms with E-state index in [1.807, 2.05) is 73.6 Å². The Hall–Kier alpha value is -3.16. The number of ether oxygens (including phenoxy) is 1. The fourth-order valence-electron chi connectivity index (χ4n) is 3.73. The smallest absolute Gasteiger partial charge is 0.282 e. The first-order valence-corrected chi connectivity index (χ1v) is 13.0. The van der Waals surface area contributed by atoms with Crippen LogP contribution in [0.4, 0.5) is 5.69 Å². The standard InChI is InChI=1S/C28H28BrClN4O2/c1-4-5-10-27-32-25-14-12-21(29)15-23(25)28(35)34(27)31-17-19-11-13-22(33(2)3)16-26(19)36-18-20-8-6-7-9-24(20)30/h6-9,11-17H,4-5,10,18H2,1-3H3. The van der Waals surface area contributed by atoms with E-state index >= 15 is 0 Å². The Morgan fingerprint density at radius 1 is 1.14 bits per heavy atom. The van der Waals surface area contributed by atoms with E-state index in [0.29, 0.717) is 40.5 Å². The Kier molecular flexibility index (Phi) is 8.44. The van der Waals surface area contributed by atoms with Crippen molar-refractivity contribution in [1.29, 1.82) is 0 Å². The summed E-state index contributed by atoms with van der Waals surface area (Å²) in [6.45, 7) is 2.42. The van der Waals surface area contributed by atoms with Gasteiger partial charge in [0.25, 0.3) is 5.56 Å². The fraction of sp³-hybridized carbons (Fsp3) is 0.250. The Morgan fingerprint density at radius 3 is 2.69 bits per heavy atom. The molecule has 8 heteroatoms. The van der Waals surface area contributed by atoms with Gasteiger partial charge in [0.05, 0.1) is 17.1 Å². The third-order valence-electron chi connectivity index (χ3n) is 5.80. The molecule has 0 saturated heterocycles. The molecule has 0 aliphatic rings. The number of aromatic nitrogens is 2. The second-order valence-electron chi connectivity index (χ2n) is 8.65. The first kappa shape index (κ1) is 25.9. The van der Waals surface area contributed by atoms with E-state index in [4.69, 9.17) is 21.3 Å². The molecule has 0 atom stereocenters. The lowest BCUT2D eigenvalue weighted by molar-refractivity contribution is 0.306. The largest absolute Gasteiger partial charge is 0.488 e. The zero-order chi connectivity index (χ0) is 25.7. The van der Waals surface area contributed by atoms with Crippen molar-refractivity contribution in [2.45, 2.75) is 32.8 Å². The van der Waals surface area contributed by atoms with Crippen LogP contribution in [0.15, 0.2) is 75.0 Å². The van der Waals surface area contributed by atoms with Crippen molar-refractivity contribution in [3.63, 3.8) is 0 Å². The van der Waals surface area contributed by atoms with Crippen LogP contribution in [0.2, 0.25) is 5.02 Å². The minimum absolute atomic E-state index is 0.202. The molecule has 0 bridgehead atoms. The highest BCUT2D eigenvalue weighted by molar-refractivity contribution is 9.10. The van der Waals surface area contributed by atoms with Crippen LogP contribution >= 0.6 is 27.5 Å². The Bertz CT molecular complexity index is 1470. The van der Waals surface area contributed by atoms with Crippen molar-refractivity contribution < 1.29 is 4.74 Å². The molecular weight excluding hydrogens is 540 g/mol. The van der Waals surface area contributed by atoms with Gasteiger partial charge in [-0.05, 0) is 42.8 Å². The summed E-state index contributed by atoms with van der Waals surface area (Å²) in [6.07, 6.45) is 4.21. The number of halogens is 2. The molecule has 0 N–H and O–H groups in total. The summed E-state index contributed by atoms with van der Waals surface area (Å²) in [4.78, 5) is 20.1. The van der Waals surface area contributed by atoms with Crippen LogP contribution in [0.5, 0.6) is 5.75 Å². The number of unbranched alkanes of at least 4 members (excludes halogenated alkanes) is 1. The molecule has 0 aliphatic carbocycles. The molecule has 3 aromatic carbocycles. The minimum atomic E-state index is -0.202. The topological polar surface area (TPSA) is 59.7 Å². The van der Waals surface area contributed by atoms with Gasteiger partial charge < -0.3 is 9.64 Å². The lowest BCUT2D eigenvalue weighted by Gasteiger charge is -2.16. The minimum Gasteiger partial charge on any atom is -0.488 e. The second kappa shape index (κ2) is 11.7. The van der Waals surface area contributed by atoms with E-state index in [-0.39, 0.29) is 5.56 Å². The zero-order valence-corrected chi connectivity index (χ0v) is 22.9. The summed E-state index contributed by atoms with van der Waals surface area (Å²) in [7, 11) is 3.94. The van der Waals surface area contributed by atoms with Crippen LogP contribution < -0.4 is 15.2 Å². The van der Waals surface area contributed by atoms with Crippen molar-refractivity contribution >= 4 is 50.3 Å². The van der Waals surface area contributed by atoms with Crippen LogP contribution in [0.1, 0.15) is 36.7 Å². The van der Waals surface area contributed by atoms with Gasteiger partial charge in [-0.1, -0.05) is 59.1 Å². The lowest BCUT2D eigenvalue weighted by Crippen LogP contribution is -2.22. The van der Waals surface area contributed by atoms with Gasteiger partial charge in [-0.15, -0.1) is 0 Å². The molecule has 6 nitrogen and oxygen atoms in total. The van der Waals surface area contributed by atoms with Gasteiger partial charge in [0.15, 0.2) is 0 Å². The van der Waals surface area contributed by atoms with E-state index in [2.05, 4.69) is 28.0 Å². The zero-order valence-electron chi connectivity index (χ0n) is 20.5. The molecule has 4 aromatic rings. The third-order valence-corrected chi connectivity index (χ3v) is 6.66. The van der Waals surface area contributed by atoms with Gasteiger partial charge in [0, 0.05) is 52.9 Å². The molecule has 0 radical (unpaired) electrons. The molecule has 0 fully saturated rings. The van der Waals surface area contributed by atoms with E-state index < -0.39 is 0 Å². The summed E-state index contributed by atoms with van der Waals surface area (Å²) in [6, 6.07) is 19.0. The molecule has 4 rings (SSSR count). The first-order valence-electron chi connectivity index (χ1n) is 11.8. The van der Waals surface area contributed by atoms with Crippen molar-refractivity contribution in [2.24, 2.45) is 5.10 Å². The third kappa shape index (κ3) is 5.97. The Labute approximate surface area is 224 Å². The van der Waals surface area contributed by atoms with E-state index in [1.54, 1.807) is 12.3 Å². The fourth-order valence-corrected chi connectivity index (χ4v) is 4.29. The summed E-state index contributed by atoms with van der Waals surface area (Å²) < 4.78 is 8.41. The highest BCUT2D eigenvalue weighted by atomic mass is 79.9. The number of anilines is 1. The van der Waals surface area contributed by atoms with Crippen molar-refractivity contribution in [1.82, 2.24) is 9.66 Å².